The van der Waals surface area contributed by atoms with Gasteiger partial charge in [0.15, 0.2) is 0 Å². The summed E-state index contributed by atoms with van der Waals surface area (Å²) in [4.78, 5) is 25.8. The molecular formula is C21H28N6O3S. The van der Waals surface area contributed by atoms with E-state index in [1.54, 1.807) is 6.07 Å². The molecule has 2 aromatic rings. The molecule has 1 N–H and O–H groups in total. The first-order valence-corrected chi connectivity index (χ1v) is 12.0. The van der Waals surface area contributed by atoms with Gasteiger partial charge in [0.2, 0.25) is 10.0 Å². The minimum Gasteiger partial charge on any atom is -0.354 e. The Kier molecular flexibility index (Phi) is 6.49. The average molecular weight is 445 g/mol. The maximum absolute atomic E-state index is 12.8. The molecular weight excluding hydrogens is 416 g/mol. The van der Waals surface area contributed by atoms with Crippen molar-refractivity contribution in [2.24, 2.45) is 0 Å². The minimum atomic E-state index is -3.51. The number of likely N-dealkylation sites (N-methyl/N-ethyl adjacent to an activating group) is 1. The monoisotopic (exact) mass is 444 g/mol. The third-order valence-corrected chi connectivity index (χ3v) is 7.70. The van der Waals surface area contributed by atoms with Gasteiger partial charge in [0.25, 0.3) is 5.91 Å². The van der Waals surface area contributed by atoms with Crippen molar-refractivity contribution in [1.29, 1.82) is 0 Å². The number of aromatic nitrogens is 2. The number of carbonyl (C=O) groups is 1. The molecule has 0 unspecified atom stereocenters. The fraction of sp³-hybridized carbons (Fsp3) is 0.476. The van der Waals surface area contributed by atoms with E-state index in [2.05, 4.69) is 32.1 Å². The number of nitrogens with zero attached hydrogens (tertiary/aromatic N) is 5. The average Bonchev–Trinajstić information content (AvgIpc) is 2.80. The second-order valence-corrected chi connectivity index (χ2v) is 9.93. The molecule has 2 saturated heterocycles. The summed E-state index contributed by atoms with van der Waals surface area (Å²) in [7, 11) is -1.42. The van der Waals surface area contributed by atoms with E-state index >= 15 is 0 Å². The summed E-state index contributed by atoms with van der Waals surface area (Å²) in [5.74, 6) is 0.852. The van der Waals surface area contributed by atoms with Crippen molar-refractivity contribution in [3.05, 3.63) is 42.2 Å². The van der Waals surface area contributed by atoms with Crippen LogP contribution in [0.15, 0.2) is 41.6 Å². The quantitative estimate of drug-likeness (QED) is 0.749. The highest BCUT2D eigenvalue weighted by molar-refractivity contribution is 7.89. The molecule has 1 aromatic heterocycles. The third kappa shape index (κ3) is 5.03. The smallest absolute Gasteiger partial charge is 0.256 e. The van der Waals surface area contributed by atoms with Crippen molar-refractivity contribution < 1.29 is 13.2 Å². The molecule has 0 aliphatic carbocycles. The van der Waals surface area contributed by atoms with Crippen LogP contribution in [0.25, 0.3) is 0 Å². The normalized spacial score (nSPS) is 18.7. The number of carbonyl (C=O) groups excluding carboxylic acids is 1. The van der Waals surface area contributed by atoms with E-state index in [1.165, 1.54) is 34.9 Å². The zero-order valence-corrected chi connectivity index (χ0v) is 18.5. The number of sulfonamides is 1. The largest absolute Gasteiger partial charge is 0.354 e. The van der Waals surface area contributed by atoms with Crippen molar-refractivity contribution in [3.63, 3.8) is 0 Å². The molecule has 1 aromatic carbocycles. The highest BCUT2D eigenvalue weighted by Crippen LogP contribution is 2.21. The van der Waals surface area contributed by atoms with Crippen LogP contribution in [0, 0.1) is 0 Å². The number of hydrogen-bond donors (Lipinski definition) is 1. The van der Waals surface area contributed by atoms with Gasteiger partial charge >= 0.3 is 0 Å². The third-order valence-electron chi connectivity index (χ3n) is 5.79. The molecule has 0 bridgehead atoms. The summed E-state index contributed by atoms with van der Waals surface area (Å²) in [6, 6.07) is 7.82. The summed E-state index contributed by atoms with van der Waals surface area (Å²) < 4.78 is 27.1. The number of rotatable bonds is 5. The van der Waals surface area contributed by atoms with Crippen LogP contribution in [0.4, 0.5) is 11.6 Å². The number of benzene rings is 1. The number of nitrogens with one attached hydrogen (secondary N) is 1. The lowest BCUT2D eigenvalue weighted by atomic mass is 10.2. The number of amides is 1. The van der Waals surface area contributed by atoms with Gasteiger partial charge in [-0.3, -0.25) is 4.79 Å². The standard InChI is InChI=1S/C21H28N6O3S/c1-25-11-13-26(14-12-25)20-15-19(22-16-23-20)24-21(28)17-5-7-18(8-6-17)31(29,30)27-9-3-2-4-10-27/h5-8,15-16H,2-4,9-14H2,1H3,(H,22,23,24,28). The molecule has 31 heavy (non-hydrogen) atoms. The summed E-state index contributed by atoms with van der Waals surface area (Å²) in [5, 5.41) is 2.78. The van der Waals surface area contributed by atoms with E-state index in [9.17, 15) is 13.2 Å². The van der Waals surface area contributed by atoms with Crippen LogP contribution in [0.3, 0.4) is 0 Å². The summed E-state index contributed by atoms with van der Waals surface area (Å²) in [5.41, 5.74) is 0.373. The molecule has 2 aliphatic rings. The second kappa shape index (κ2) is 9.29. The van der Waals surface area contributed by atoms with E-state index in [0.717, 1.165) is 51.3 Å². The van der Waals surface area contributed by atoms with Crippen LogP contribution in [0.1, 0.15) is 29.6 Å². The topological polar surface area (TPSA) is 98.7 Å². The summed E-state index contributed by atoms with van der Waals surface area (Å²) in [6.45, 7) is 4.75. The van der Waals surface area contributed by atoms with Gasteiger partial charge in [0, 0.05) is 50.9 Å². The zero-order chi connectivity index (χ0) is 21.8. The SMILES string of the molecule is CN1CCN(c2cc(NC(=O)c3ccc(S(=O)(=O)N4CCCCC4)cc3)ncn2)CC1. The molecule has 0 atom stereocenters. The Labute approximate surface area is 183 Å². The van der Waals surface area contributed by atoms with Gasteiger partial charge in [-0.15, -0.1) is 0 Å². The van der Waals surface area contributed by atoms with E-state index in [4.69, 9.17) is 0 Å². The molecule has 2 aliphatic heterocycles. The molecule has 2 fully saturated rings. The first-order valence-electron chi connectivity index (χ1n) is 10.6. The van der Waals surface area contributed by atoms with Gasteiger partial charge in [0.1, 0.15) is 18.0 Å². The summed E-state index contributed by atoms with van der Waals surface area (Å²) >= 11 is 0. The van der Waals surface area contributed by atoms with E-state index in [1.807, 2.05) is 0 Å². The first-order chi connectivity index (χ1) is 14.9. The molecule has 1 amide bonds. The Hall–Kier alpha value is -2.56. The first kappa shape index (κ1) is 21.7. The van der Waals surface area contributed by atoms with Crippen molar-refractivity contribution in [2.45, 2.75) is 24.2 Å². The fourth-order valence-corrected chi connectivity index (χ4v) is 5.36. The highest BCUT2D eigenvalue weighted by Gasteiger charge is 2.26. The predicted octanol–water partition coefficient (Wildman–Crippen LogP) is 1.66. The van der Waals surface area contributed by atoms with Crippen molar-refractivity contribution in [2.75, 3.05) is 56.5 Å². The highest BCUT2D eigenvalue weighted by atomic mass is 32.2. The van der Waals surface area contributed by atoms with Gasteiger partial charge in [-0.1, -0.05) is 6.42 Å². The van der Waals surface area contributed by atoms with Crippen LogP contribution in [0.2, 0.25) is 0 Å². The van der Waals surface area contributed by atoms with Gasteiger partial charge in [0.05, 0.1) is 4.90 Å². The van der Waals surface area contributed by atoms with E-state index < -0.39 is 10.0 Å². The lowest BCUT2D eigenvalue weighted by Gasteiger charge is -2.33. The lowest BCUT2D eigenvalue weighted by molar-refractivity contribution is 0.102. The maximum Gasteiger partial charge on any atom is 0.256 e. The maximum atomic E-state index is 12.8. The number of anilines is 2. The molecule has 0 spiro atoms. The Bertz CT molecular complexity index is 1010. The molecule has 3 heterocycles. The van der Waals surface area contributed by atoms with Crippen LogP contribution in [-0.2, 0) is 10.0 Å². The van der Waals surface area contributed by atoms with Gasteiger partial charge in [-0.25, -0.2) is 18.4 Å². The van der Waals surface area contributed by atoms with Crippen molar-refractivity contribution >= 4 is 27.6 Å². The Balaban J connectivity index is 1.43. The number of piperidine rings is 1. The van der Waals surface area contributed by atoms with Crippen LogP contribution in [-0.4, -0.2) is 79.8 Å². The van der Waals surface area contributed by atoms with Crippen LogP contribution in [0.5, 0.6) is 0 Å². The van der Waals surface area contributed by atoms with E-state index in [-0.39, 0.29) is 10.8 Å². The Morgan fingerprint density at radius 2 is 1.61 bits per heavy atom. The van der Waals surface area contributed by atoms with Crippen LogP contribution >= 0.6 is 0 Å². The van der Waals surface area contributed by atoms with E-state index in [0.29, 0.717) is 24.5 Å². The van der Waals surface area contributed by atoms with Gasteiger partial charge in [-0.05, 0) is 44.2 Å². The molecule has 166 valence electrons. The van der Waals surface area contributed by atoms with Crippen molar-refractivity contribution in [3.8, 4) is 0 Å². The van der Waals surface area contributed by atoms with Gasteiger partial charge < -0.3 is 15.1 Å². The Morgan fingerprint density at radius 1 is 0.935 bits per heavy atom. The fourth-order valence-electron chi connectivity index (χ4n) is 3.84. The minimum absolute atomic E-state index is 0.213. The zero-order valence-electron chi connectivity index (χ0n) is 17.7. The van der Waals surface area contributed by atoms with Crippen molar-refractivity contribution in [1.82, 2.24) is 19.2 Å². The molecule has 0 radical (unpaired) electrons. The second-order valence-electron chi connectivity index (χ2n) is 8.00. The number of hydrogen-bond acceptors (Lipinski definition) is 7. The summed E-state index contributed by atoms with van der Waals surface area (Å²) in [6.07, 6.45) is 4.27. The van der Waals surface area contributed by atoms with Gasteiger partial charge in [-0.2, -0.15) is 4.31 Å². The van der Waals surface area contributed by atoms with Crippen LogP contribution < -0.4 is 10.2 Å². The molecule has 0 saturated carbocycles. The predicted molar refractivity (Wildman–Crippen MR) is 119 cm³/mol. The molecule has 9 nitrogen and oxygen atoms in total. The lowest BCUT2D eigenvalue weighted by Crippen LogP contribution is -2.44. The number of piperazine rings is 1. The molecule has 10 heteroatoms. The Morgan fingerprint density at radius 3 is 2.29 bits per heavy atom. The molecule has 4 rings (SSSR count).